The van der Waals surface area contributed by atoms with E-state index in [1.54, 1.807) is 6.07 Å². The number of piperazine rings is 1. The Morgan fingerprint density at radius 2 is 1.71 bits per heavy atom. The molecule has 0 radical (unpaired) electrons. The Bertz CT molecular complexity index is 736. The van der Waals surface area contributed by atoms with Gasteiger partial charge in [0.15, 0.2) is 0 Å². The van der Waals surface area contributed by atoms with Gasteiger partial charge in [-0.05, 0) is 43.2 Å². The van der Waals surface area contributed by atoms with Crippen molar-refractivity contribution in [1.29, 1.82) is 0 Å². The summed E-state index contributed by atoms with van der Waals surface area (Å²) >= 11 is 0. The van der Waals surface area contributed by atoms with Crippen LogP contribution in [0.1, 0.15) is 27.0 Å². The topological polar surface area (TPSA) is 23.6 Å². The number of amides is 1. The van der Waals surface area contributed by atoms with E-state index in [-0.39, 0.29) is 11.7 Å². The summed E-state index contributed by atoms with van der Waals surface area (Å²) in [6, 6.07) is 12.7. The second kappa shape index (κ2) is 7.14. The van der Waals surface area contributed by atoms with Crippen LogP contribution < -0.4 is 0 Å². The van der Waals surface area contributed by atoms with Crippen LogP contribution in [0.5, 0.6) is 0 Å². The number of rotatable bonds is 3. The zero-order chi connectivity index (χ0) is 17.1. The van der Waals surface area contributed by atoms with Crippen LogP contribution in [-0.2, 0) is 6.54 Å². The maximum atomic E-state index is 13.8. The van der Waals surface area contributed by atoms with Crippen molar-refractivity contribution in [1.82, 2.24) is 9.80 Å². The molecule has 0 spiro atoms. The van der Waals surface area contributed by atoms with Crippen LogP contribution in [0.25, 0.3) is 0 Å². The van der Waals surface area contributed by atoms with Gasteiger partial charge in [-0.3, -0.25) is 9.69 Å². The molecule has 0 bridgehead atoms. The minimum Gasteiger partial charge on any atom is -0.336 e. The first-order valence-corrected chi connectivity index (χ1v) is 8.37. The van der Waals surface area contributed by atoms with Crippen LogP contribution in [0, 0.1) is 19.7 Å². The van der Waals surface area contributed by atoms with Gasteiger partial charge >= 0.3 is 0 Å². The number of hydrogen-bond donors (Lipinski definition) is 0. The molecule has 1 aliphatic heterocycles. The molecule has 0 aromatic heterocycles. The van der Waals surface area contributed by atoms with Crippen molar-refractivity contribution in [2.45, 2.75) is 20.4 Å². The third-order valence-corrected chi connectivity index (χ3v) is 4.77. The minimum absolute atomic E-state index is 0.0867. The summed E-state index contributed by atoms with van der Waals surface area (Å²) in [4.78, 5) is 16.7. The number of halogens is 1. The quantitative estimate of drug-likeness (QED) is 0.863. The Balaban J connectivity index is 1.59. The van der Waals surface area contributed by atoms with Gasteiger partial charge in [-0.25, -0.2) is 4.39 Å². The molecule has 1 amide bonds. The zero-order valence-electron chi connectivity index (χ0n) is 14.3. The van der Waals surface area contributed by atoms with Gasteiger partial charge < -0.3 is 4.90 Å². The van der Waals surface area contributed by atoms with E-state index in [2.05, 4.69) is 4.90 Å². The summed E-state index contributed by atoms with van der Waals surface area (Å²) in [5.41, 5.74) is 3.80. The van der Waals surface area contributed by atoms with Crippen molar-refractivity contribution in [3.05, 3.63) is 70.5 Å². The smallest absolute Gasteiger partial charge is 0.253 e. The van der Waals surface area contributed by atoms with Gasteiger partial charge in [0, 0.05) is 43.9 Å². The van der Waals surface area contributed by atoms with E-state index in [0.29, 0.717) is 25.2 Å². The fourth-order valence-corrected chi connectivity index (χ4v) is 3.03. The van der Waals surface area contributed by atoms with Gasteiger partial charge in [0.1, 0.15) is 5.82 Å². The third-order valence-electron chi connectivity index (χ3n) is 4.77. The number of aryl methyl sites for hydroxylation is 2. The Morgan fingerprint density at radius 3 is 2.38 bits per heavy atom. The number of nitrogens with zero attached hydrogens (tertiary/aromatic N) is 2. The Kier molecular flexibility index (Phi) is 4.95. The van der Waals surface area contributed by atoms with Crippen molar-refractivity contribution >= 4 is 5.91 Å². The van der Waals surface area contributed by atoms with E-state index in [1.807, 2.05) is 49.1 Å². The lowest BCUT2D eigenvalue weighted by Crippen LogP contribution is -2.48. The highest BCUT2D eigenvalue weighted by atomic mass is 19.1. The highest BCUT2D eigenvalue weighted by molar-refractivity contribution is 5.94. The molecule has 1 fully saturated rings. The lowest BCUT2D eigenvalue weighted by atomic mass is 10.1. The van der Waals surface area contributed by atoms with E-state index in [9.17, 15) is 9.18 Å². The van der Waals surface area contributed by atoms with Crippen LogP contribution in [-0.4, -0.2) is 41.9 Å². The molecule has 1 aliphatic rings. The highest BCUT2D eigenvalue weighted by Crippen LogP contribution is 2.15. The summed E-state index contributed by atoms with van der Waals surface area (Å²) in [6.45, 7) is 7.57. The number of hydrogen-bond acceptors (Lipinski definition) is 2. The van der Waals surface area contributed by atoms with Crippen molar-refractivity contribution in [2.75, 3.05) is 26.2 Å². The summed E-state index contributed by atoms with van der Waals surface area (Å²) in [7, 11) is 0. The van der Waals surface area contributed by atoms with Gasteiger partial charge in [-0.1, -0.05) is 24.3 Å². The maximum absolute atomic E-state index is 13.8. The molecule has 0 saturated carbocycles. The molecule has 3 rings (SSSR count). The van der Waals surface area contributed by atoms with Gasteiger partial charge in [-0.15, -0.1) is 0 Å². The van der Waals surface area contributed by atoms with Crippen molar-refractivity contribution in [2.24, 2.45) is 0 Å². The first-order chi connectivity index (χ1) is 11.5. The van der Waals surface area contributed by atoms with E-state index < -0.39 is 0 Å². The van der Waals surface area contributed by atoms with Gasteiger partial charge in [0.2, 0.25) is 0 Å². The lowest BCUT2D eigenvalue weighted by molar-refractivity contribution is 0.0627. The number of carbonyl (C=O) groups is 1. The minimum atomic E-state index is -0.161. The van der Waals surface area contributed by atoms with Crippen LogP contribution in [0.3, 0.4) is 0 Å². The molecule has 24 heavy (non-hydrogen) atoms. The molecule has 0 N–H and O–H groups in total. The van der Waals surface area contributed by atoms with Crippen LogP contribution in [0.4, 0.5) is 4.39 Å². The van der Waals surface area contributed by atoms with Crippen molar-refractivity contribution in [3.8, 4) is 0 Å². The summed E-state index contributed by atoms with van der Waals surface area (Å²) in [5, 5.41) is 0. The zero-order valence-corrected chi connectivity index (χ0v) is 14.3. The van der Waals surface area contributed by atoms with Gasteiger partial charge in [0.25, 0.3) is 5.91 Å². The SMILES string of the molecule is Cc1ccc(C(=O)N2CCN(Cc3ccccc3F)CC2)cc1C. The predicted molar refractivity (Wildman–Crippen MR) is 93.5 cm³/mol. The molecule has 0 aliphatic carbocycles. The normalized spacial score (nSPS) is 15.5. The first kappa shape index (κ1) is 16.7. The predicted octanol–water partition coefficient (Wildman–Crippen LogP) is 3.40. The summed E-state index contributed by atoms with van der Waals surface area (Å²) in [6.07, 6.45) is 0. The molecular weight excluding hydrogens is 303 g/mol. The Labute approximate surface area is 142 Å². The van der Waals surface area contributed by atoms with Crippen molar-refractivity contribution < 1.29 is 9.18 Å². The Morgan fingerprint density at radius 1 is 1.00 bits per heavy atom. The second-order valence-electron chi connectivity index (χ2n) is 6.46. The van der Waals surface area contributed by atoms with E-state index >= 15 is 0 Å². The third kappa shape index (κ3) is 3.65. The van der Waals surface area contributed by atoms with Gasteiger partial charge in [0.05, 0.1) is 0 Å². The molecule has 0 atom stereocenters. The lowest BCUT2D eigenvalue weighted by Gasteiger charge is -2.35. The molecule has 4 heteroatoms. The Hall–Kier alpha value is -2.20. The molecule has 2 aromatic rings. The molecule has 2 aromatic carbocycles. The van der Waals surface area contributed by atoms with Crippen molar-refractivity contribution in [3.63, 3.8) is 0 Å². The van der Waals surface area contributed by atoms with Crippen LogP contribution in [0.2, 0.25) is 0 Å². The fourth-order valence-electron chi connectivity index (χ4n) is 3.03. The molecule has 1 saturated heterocycles. The average Bonchev–Trinajstić information content (AvgIpc) is 2.59. The maximum Gasteiger partial charge on any atom is 0.253 e. The molecule has 3 nitrogen and oxygen atoms in total. The standard InChI is InChI=1S/C20H23FN2O/c1-15-7-8-17(13-16(15)2)20(24)23-11-9-22(10-12-23)14-18-5-3-4-6-19(18)21/h3-8,13H,9-12,14H2,1-2H3. The van der Waals surface area contributed by atoms with Gasteiger partial charge in [-0.2, -0.15) is 0 Å². The van der Waals surface area contributed by atoms with Crippen LogP contribution in [0.15, 0.2) is 42.5 Å². The molecular formula is C20H23FN2O. The largest absolute Gasteiger partial charge is 0.336 e. The van der Waals surface area contributed by atoms with Crippen LogP contribution >= 0.6 is 0 Å². The highest BCUT2D eigenvalue weighted by Gasteiger charge is 2.22. The number of benzene rings is 2. The number of carbonyl (C=O) groups excluding carboxylic acids is 1. The fraction of sp³-hybridized carbons (Fsp3) is 0.350. The summed E-state index contributed by atoms with van der Waals surface area (Å²) < 4.78 is 13.8. The molecule has 1 heterocycles. The van der Waals surface area contributed by atoms with E-state index in [4.69, 9.17) is 0 Å². The first-order valence-electron chi connectivity index (χ1n) is 8.37. The second-order valence-corrected chi connectivity index (χ2v) is 6.46. The van der Waals surface area contributed by atoms with E-state index in [1.165, 1.54) is 11.6 Å². The summed E-state index contributed by atoms with van der Waals surface area (Å²) in [5.74, 6) is -0.0743. The molecule has 126 valence electrons. The monoisotopic (exact) mass is 326 g/mol. The molecule has 0 unspecified atom stereocenters. The average molecular weight is 326 g/mol. The van der Waals surface area contributed by atoms with E-state index in [0.717, 1.165) is 24.2 Å².